The molecule has 1 N–H and O–H groups in total. The third kappa shape index (κ3) is 4.34. The molecule has 1 atom stereocenters. The summed E-state index contributed by atoms with van der Waals surface area (Å²) in [4.78, 5) is 0. The minimum atomic E-state index is -0.362. The highest BCUT2D eigenvalue weighted by Gasteiger charge is 2.23. The number of aliphatic hydroxyl groups is 1. The lowest BCUT2D eigenvalue weighted by atomic mass is 9.88. The van der Waals surface area contributed by atoms with E-state index in [0.717, 1.165) is 24.2 Å². The van der Waals surface area contributed by atoms with Gasteiger partial charge in [-0.2, -0.15) is 0 Å². The lowest BCUT2D eigenvalue weighted by molar-refractivity contribution is 0.147. The second-order valence-electron chi connectivity index (χ2n) is 6.50. The Hall–Kier alpha value is -1.02. The minimum Gasteiger partial charge on any atom is -0.490 e. The third-order valence-electron chi connectivity index (χ3n) is 3.26. The third-order valence-corrected chi connectivity index (χ3v) is 3.26. The molecule has 0 aliphatic heterocycles. The molecule has 1 aromatic rings. The molecular weight excluding hydrogens is 224 g/mol. The van der Waals surface area contributed by atoms with Crippen LogP contribution < -0.4 is 4.74 Å². The Balaban J connectivity index is 1.87. The number of ether oxygens (including phenoxy) is 1. The van der Waals surface area contributed by atoms with Crippen LogP contribution >= 0.6 is 0 Å². The zero-order valence-corrected chi connectivity index (χ0v) is 11.6. The molecule has 0 heterocycles. The van der Waals surface area contributed by atoms with Gasteiger partial charge in [0.15, 0.2) is 0 Å². The molecule has 1 aliphatic rings. The molecule has 0 saturated heterocycles. The van der Waals surface area contributed by atoms with E-state index in [0.29, 0.717) is 6.10 Å². The van der Waals surface area contributed by atoms with Crippen molar-refractivity contribution in [1.29, 1.82) is 0 Å². The van der Waals surface area contributed by atoms with Gasteiger partial charge < -0.3 is 9.84 Å². The first-order valence-electron chi connectivity index (χ1n) is 6.89. The van der Waals surface area contributed by atoms with E-state index in [-0.39, 0.29) is 11.5 Å². The Labute approximate surface area is 110 Å². The van der Waals surface area contributed by atoms with E-state index in [1.807, 2.05) is 24.3 Å². The van der Waals surface area contributed by atoms with Crippen LogP contribution in [0.5, 0.6) is 5.75 Å². The van der Waals surface area contributed by atoms with E-state index in [2.05, 4.69) is 20.8 Å². The zero-order valence-electron chi connectivity index (χ0n) is 11.6. The number of benzene rings is 1. The normalized spacial score (nSPS) is 17.6. The number of rotatable bonds is 5. The summed E-state index contributed by atoms with van der Waals surface area (Å²) in [6.07, 6.45) is 4.26. The van der Waals surface area contributed by atoms with Gasteiger partial charge in [0, 0.05) is 0 Å². The number of aliphatic hydroxyl groups excluding tert-OH is 1. The van der Waals surface area contributed by atoms with E-state index in [9.17, 15) is 5.11 Å². The summed E-state index contributed by atoms with van der Waals surface area (Å²) in [5.74, 6) is 0.921. The van der Waals surface area contributed by atoms with Gasteiger partial charge in [0.1, 0.15) is 5.75 Å². The van der Waals surface area contributed by atoms with Crippen molar-refractivity contribution in [2.45, 2.75) is 58.7 Å². The van der Waals surface area contributed by atoms with Crippen LogP contribution in [0.4, 0.5) is 0 Å². The van der Waals surface area contributed by atoms with Crippen molar-refractivity contribution >= 4 is 0 Å². The molecule has 1 saturated carbocycles. The molecule has 0 aromatic heterocycles. The van der Waals surface area contributed by atoms with Crippen molar-refractivity contribution in [3.05, 3.63) is 29.8 Å². The first-order chi connectivity index (χ1) is 8.44. The molecule has 0 spiro atoms. The molecule has 0 amide bonds. The van der Waals surface area contributed by atoms with Gasteiger partial charge >= 0.3 is 0 Å². The molecule has 1 aromatic carbocycles. The van der Waals surface area contributed by atoms with Gasteiger partial charge in [-0.25, -0.2) is 0 Å². The fourth-order valence-electron chi connectivity index (χ4n) is 1.88. The maximum Gasteiger partial charge on any atom is 0.119 e. The summed E-state index contributed by atoms with van der Waals surface area (Å²) >= 11 is 0. The van der Waals surface area contributed by atoms with E-state index in [1.54, 1.807) is 0 Å². The van der Waals surface area contributed by atoms with Crippen molar-refractivity contribution in [2.75, 3.05) is 0 Å². The van der Waals surface area contributed by atoms with Crippen molar-refractivity contribution in [2.24, 2.45) is 5.41 Å². The first-order valence-corrected chi connectivity index (χ1v) is 6.89. The average Bonchev–Trinajstić information content (AvgIpc) is 3.10. The highest BCUT2D eigenvalue weighted by Crippen LogP contribution is 2.30. The largest absolute Gasteiger partial charge is 0.490 e. The van der Waals surface area contributed by atoms with Crippen LogP contribution in [0, 0.1) is 5.41 Å². The van der Waals surface area contributed by atoms with Gasteiger partial charge in [-0.05, 0) is 48.8 Å². The quantitative estimate of drug-likeness (QED) is 0.850. The Morgan fingerprint density at radius 1 is 1.22 bits per heavy atom. The van der Waals surface area contributed by atoms with Crippen LogP contribution in [0.2, 0.25) is 0 Å². The lowest BCUT2D eigenvalue weighted by Gasteiger charge is -2.20. The van der Waals surface area contributed by atoms with Crippen LogP contribution in [0.3, 0.4) is 0 Å². The number of hydrogen-bond donors (Lipinski definition) is 1. The predicted octanol–water partition coefficient (Wildman–Crippen LogP) is 4.09. The second kappa shape index (κ2) is 5.31. The Bertz CT molecular complexity index is 371. The van der Waals surface area contributed by atoms with Crippen molar-refractivity contribution in [3.8, 4) is 5.75 Å². The smallest absolute Gasteiger partial charge is 0.119 e. The van der Waals surface area contributed by atoms with Crippen molar-refractivity contribution < 1.29 is 9.84 Å². The summed E-state index contributed by atoms with van der Waals surface area (Å²) in [5.41, 5.74) is 1.26. The molecule has 0 bridgehead atoms. The number of hydrogen-bond acceptors (Lipinski definition) is 2. The summed E-state index contributed by atoms with van der Waals surface area (Å²) in [5, 5.41) is 10.1. The SMILES string of the molecule is CC(C)(C)CCC(O)c1ccc(OC2CC2)cc1. The van der Waals surface area contributed by atoms with Gasteiger partial charge in [-0.3, -0.25) is 0 Å². The van der Waals surface area contributed by atoms with E-state index < -0.39 is 0 Å². The summed E-state index contributed by atoms with van der Waals surface area (Å²) in [7, 11) is 0. The van der Waals surface area contributed by atoms with Crippen molar-refractivity contribution in [3.63, 3.8) is 0 Å². The van der Waals surface area contributed by atoms with Crippen LogP contribution in [-0.2, 0) is 0 Å². The van der Waals surface area contributed by atoms with Gasteiger partial charge in [0.2, 0.25) is 0 Å². The van der Waals surface area contributed by atoms with Crippen LogP contribution in [0.25, 0.3) is 0 Å². The zero-order chi connectivity index (χ0) is 13.2. The monoisotopic (exact) mass is 248 g/mol. The molecule has 18 heavy (non-hydrogen) atoms. The Morgan fingerprint density at radius 3 is 2.33 bits per heavy atom. The molecule has 1 unspecified atom stereocenters. The second-order valence-corrected chi connectivity index (χ2v) is 6.50. The van der Waals surface area contributed by atoms with E-state index >= 15 is 0 Å². The van der Waals surface area contributed by atoms with Crippen LogP contribution in [-0.4, -0.2) is 11.2 Å². The summed E-state index contributed by atoms with van der Waals surface area (Å²) in [6, 6.07) is 7.89. The van der Waals surface area contributed by atoms with Gasteiger partial charge in [-0.15, -0.1) is 0 Å². The first kappa shape index (κ1) is 13.4. The maximum absolute atomic E-state index is 10.1. The average molecular weight is 248 g/mol. The fourth-order valence-corrected chi connectivity index (χ4v) is 1.88. The fraction of sp³-hybridized carbons (Fsp3) is 0.625. The minimum absolute atomic E-state index is 0.274. The van der Waals surface area contributed by atoms with Crippen LogP contribution in [0.1, 0.15) is 58.1 Å². The van der Waals surface area contributed by atoms with E-state index in [4.69, 9.17) is 4.74 Å². The van der Waals surface area contributed by atoms with Gasteiger partial charge in [0.05, 0.1) is 12.2 Å². The van der Waals surface area contributed by atoms with Gasteiger partial charge in [-0.1, -0.05) is 32.9 Å². The standard InChI is InChI=1S/C16H24O2/c1-16(2,3)11-10-15(17)12-4-6-13(7-5-12)18-14-8-9-14/h4-7,14-15,17H,8-11H2,1-3H3. The lowest BCUT2D eigenvalue weighted by Crippen LogP contribution is -2.08. The predicted molar refractivity (Wildman–Crippen MR) is 73.7 cm³/mol. The van der Waals surface area contributed by atoms with Crippen LogP contribution in [0.15, 0.2) is 24.3 Å². The molecule has 1 fully saturated rings. The molecule has 100 valence electrons. The molecular formula is C16H24O2. The topological polar surface area (TPSA) is 29.5 Å². The summed E-state index contributed by atoms with van der Waals surface area (Å²) < 4.78 is 5.69. The molecule has 2 rings (SSSR count). The maximum atomic E-state index is 10.1. The highest BCUT2D eigenvalue weighted by molar-refractivity contribution is 5.29. The molecule has 2 nitrogen and oxygen atoms in total. The molecule has 0 radical (unpaired) electrons. The molecule has 1 aliphatic carbocycles. The van der Waals surface area contributed by atoms with E-state index in [1.165, 1.54) is 12.8 Å². The van der Waals surface area contributed by atoms with Crippen molar-refractivity contribution in [1.82, 2.24) is 0 Å². The summed E-state index contributed by atoms with van der Waals surface area (Å²) in [6.45, 7) is 6.60. The van der Waals surface area contributed by atoms with Gasteiger partial charge in [0.25, 0.3) is 0 Å². The Morgan fingerprint density at radius 2 is 1.83 bits per heavy atom. The highest BCUT2D eigenvalue weighted by atomic mass is 16.5. The Kier molecular flexibility index (Phi) is 3.96. The molecule has 2 heteroatoms.